The van der Waals surface area contributed by atoms with Crippen LogP contribution >= 0.6 is 0 Å². The van der Waals surface area contributed by atoms with Crippen molar-refractivity contribution < 1.29 is 9.13 Å². The Morgan fingerprint density at radius 2 is 2.06 bits per heavy atom. The Morgan fingerprint density at radius 1 is 1.38 bits per heavy atom. The van der Waals surface area contributed by atoms with E-state index in [0.717, 1.165) is 6.54 Å². The number of halogens is 1. The predicted octanol–water partition coefficient (Wildman–Crippen LogP) is 1.48. The van der Waals surface area contributed by atoms with E-state index >= 15 is 0 Å². The van der Waals surface area contributed by atoms with E-state index < -0.39 is 0 Å². The third kappa shape index (κ3) is 4.59. The van der Waals surface area contributed by atoms with E-state index in [-0.39, 0.29) is 11.9 Å². The van der Waals surface area contributed by atoms with E-state index in [1.54, 1.807) is 18.2 Å². The van der Waals surface area contributed by atoms with Crippen LogP contribution < -0.4 is 10.5 Å². The van der Waals surface area contributed by atoms with E-state index in [1.165, 1.54) is 6.07 Å². The third-order valence-corrected chi connectivity index (χ3v) is 2.18. The van der Waals surface area contributed by atoms with Crippen LogP contribution in [0.4, 0.5) is 4.39 Å². The van der Waals surface area contributed by atoms with Gasteiger partial charge in [-0.15, -0.1) is 0 Å². The molecule has 4 heteroatoms. The molecule has 0 spiro atoms. The van der Waals surface area contributed by atoms with Gasteiger partial charge in [-0.2, -0.15) is 0 Å². The second-order valence-corrected chi connectivity index (χ2v) is 4.09. The Morgan fingerprint density at radius 3 is 2.69 bits per heavy atom. The molecule has 0 aromatic heterocycles. The number of hydrogen-bond donors (Lipinski definition) is 1. The van der Waals surface area contributed by atoms with E-state index in [1.807, 2.05) is 19.0 Å². The van der Waals surface area contributed by atoms with Crippen molar-refractivity contribution in [3.05, 3.63) is 30.1 Å². The van der Waals surface area contributed by atoms with Crippen LogP contribution in [0.15, 0.2) is 24.3 Å². The van der Waals surface area contributed by atoms with Gasteiger partial charge in [0.05, 0.1) is 6.61 Å². The van der Waals surface area contributed by atoms with E-state index in [9.17, 15) is 4.39 Å². The highest BCUT2D eigenvalue weighted by atomic mass is 19.1. The Hall–Kier alpha value is -1.13. The lowest BCUT2D eigenvalue weighted by Crippen LogP contribution is -2.34. The first-order valence-electron chi connectivity index (χ1n) is 5.37. The summed E-state index contributed by atoms with van der Waals surface area (Å²) in [7, 11) is 3.94. The Kier molecular flexibility index (Phi) is 5.22. The molecule has 0 bridgehead atoms. The Balaban J connectivity index is 2.28. The van der Waals surface area contributed by atoms with Crippen LogP contribution in [0.1, 0.15) is 6.42 Å². The number of rotatable bonds is 6. The quantitative estimate of drug-likeness (QED) is 0.798. The van der Waals surface area contributed by atoms with Crippen LogP contribution in [0.2, 0.25) is 0 Å². The van der Waals surface area contributed by atoms with Gasteiger partial charge in [-0.3, -0.25) is 0 Å². The number of benzene rings is 1. The summed E-state index contributed by atoms with van der Waals surface area (Å²) in [6.07, 6.45) is 0.715. The summed E-state index contributed by atoms with van der Waals surface area (Å²) >= 11 is 0. The van der Waals surface area contributed by atoms with Crippen LogP contribution in [-0.2, 0) is 0 Å². The van der Waals surface area contributed by atoms with Crippen molar-refractivity contribution in [3.63, 3.8) is 0 Å². The summed E-state index contributed by atoms with van der Waals surface area (Å²) in [6.45, 7) is 1.25. The fraction of sp³-hybridized carbons (Fsp3) is 0.500. The predicted molar refractivity (Wildman–Crippen MR) is 63.0 cm³/mol. The average molecular weight is 226 g/mol. The van der Waals surface area contributed by atoms with Crippen LogP contribution in [0.25, 0.3) is 0 Å². The summed E-state index contributed by atoms with van der Waals surface area (Å²) in [6, 6.07) is 6.45. The van der Waals surface area contributed by atoms with Gasteiger partial charge in [0.25, 0.3) is 0 Å². The largest absolute Gasteiger partial charge is 0.490 e. The van der Waals surface area contributed by atoms with Crippen molar-refractivity contribution in [1.82, 2.24) is 4.90 Å². The van der Waals surface area contributed by atoms with E-state index in [4.69, 9.17) is 10.5 Å². The molecule has 1 unspecified atom stereocenters. The maximum Gasteiger partial charge on any atom is 0.165 e. The number of nitrogens with zero attached hydrogens (tertiary/aromatic N) is 1. The summed E-state index contributed by atoms with van der Waals surface area (Å²) in [5.74, 6) is -0.0387. The zero-order valence-corrected chi connectivity index (χ0v) is 9.82. The lowest BCUT2D eigenvalue weighted by molar-refractivity contribution is 0.267. The van der Waals surface area contributed by atoms with Crippen molar-refractivity contribution >= 4 is 0 Å². The van der Waals surface area contributed by atoms with Crippen molar-refractivity contribution in [2.45, 2.75) is 12.5 Å². The Labute approximate surface area is 96.0 Å². The second-order valence-electron chi connectivity index (χ2n) is 4.09. The number of likely N-dealkylation sites (N-methyl/N-ethyl adjacent to an activating group) is 1. The maximum atomic E-state index is 13.2. The first-order chi connectivity index (χ1) is 7.59. The number of hydrogen-bond acceptors (Lipinski definition) is 3. The molecular weight excluding hydrogens is 207 g/mol. The van der Waals surface area contributed by atoms with E-state index in [0.29, 0.717) is 18.8 Å². The standard InChI is InChI=1S/C12H19FN2O/c1-15(2)9-10(14)7-8-16-12-6-4-3-5-11(12)13/h3-6,10H,7-9,14H2,1-2H3. The molecule has 3 nitrogen and oxygen atoms in total. The van der Waals surface area contributed by atoms with Gasteiger partial charge in [-0.1, -0.05) is 12.1 Å². The number of nitrogens with two attached hydrogens (primary N) is 1. The molecule has 1 atom stereocenters. The van der Waals surface area contributed by atoms with Crippen molar-refractivity contribution in [1.29, 1.82) is 0 Å². The molecule has 0 aliphatic heterocycles. The Bertz CT molecular complexity index is 318. The molecule has 0 fully saturated rings. The van der Waals surface area contributed by atoms with Gasteiger partial charge in [0.2, 0.25) is 0 Å². The minimum Gasteiger partial charge on any atom is -0.490 e. The maximum absolute atomic E-state index is 13.2. The highest BCUT2D eigenvalue weighted by molar-refractivity contribution is 5.23. The molecule has 0 amide bonds. The monoisotopic (exact) mass is 226 g/mol. The normalized spacial score (nSPS) is 12.8. The first-order valence-corrected chi connectivity index (χ1v) is 5.37. The lowest BCUT2D eigenvalue weighted by atomic mass is 10.2. The SMILES string of the molecule is CN(C)CC(N)CCOc1ccccc1F. The van der Waals surface area contributed by atoms with Crippen molar-refractivity contribution in [2.75, 3.05) is 27.2 Å². The minimum absolute atomic E-state index is 0.0572. The summed E-state index contributed by atoms with van der Waals surface area (Å²) in [5.41, 5.74) is 5.86. The highest BCUT2D eigenvalue weighted by Crippen LogP contribution is 2.15. The van der Waals surface area contributed by atoms with Crippen LogP contribution in [0.3, 0.4) is 0 Å². The zero-order valence-electron chi connectivity index (χ0n) is 9.82. The van der Waals surface area contributed by atoms with Crippen LogP contribution in [0.5, 0.6) is 5.75 Å². The summed E-state index contributed by atoms with van der Waals surface area (Å²) in [5, 5.41) is 0. The smallest absolute Gasteiger partial charge is 0.165 e. The average Bonchev–Trinajstić information content (AvgIpc) is 2.19. The van der Waals surface area contributed by atoms with E-state index in [2.05, 4.69) is 0 Å². The van der Waals surface area contributed by atoms with Gasteiger partial charge in [0, 0.05) is 12.6 Å². The molecule has 0 saturated heterocycles. The molecule has 0 heterocycles. The van der Waals surface area contributed by atoms with Gasteiger partial charge >= 0.3 is 0 Å². The highest BCUT2D eigenvalue weighted by Gasteiger charge is 2.05. The van der Waals surface area contributed by atoms with Gasteiger partial charge in [0.1, 0.15) is 0 Å². The molecule has 1 aromatic carbocycles. The molecule has 0 saturated carbocycles. The van der Waals surface area contributed by atoms with Gasteiger partial charge in [-0.25, -0.2) is 4.39 Å². The number of para-hydroxylation sites is 1. The minimum atomic E-state index is -0.330. The molecule has 0 aliphatic carbocycles. The summed E-state index contributed by atoms with van der Waals surface area (Å²) in [4.78, 5) is 2.02. The molecular formula is C12H19FN2O. The molecule has 1 aromatic rings. The molecule has 1 rings (SSSR count). The van der Waals surface area contributed by atoms with Crippen molar-refractivity contribution in [3.8, 4) is 5.75 Å². The second kappa shape index (κ2) is 6.45. The molecule has 2 N–H and O–H groups in total. The van der Waals surface area contributed by atoms with Gasteiger partial charge < -0.3 is 15.4 Å². The first kappa shape index (κ1) is 12.9. The topological polar surface area (TPSA) is 38.5 Å². The van der Waals surface area contributed by atoms with Crippen molar-refractivity contribution in [2.24, 2.45) is 5.73 Å². The van der Waals surface area contributed by atoms with Gasteiger partial charge in [0.15, 0.2) is 11.6 Å². The van der Waals surface area contributed by atoms with Gasteiger partial charge in [-0.05, 0) is 32.6 Å². The fourth-order valence-electron chi connectivity index (χ4n) is 1.44. The third-order valence-electron chi connectivity index (χ3n) is 2.18. The summed E-state index contributed by atoms with van der Waals surface area (Å²) < 4.78 is 18.5. The molecule has 0 radical (unpaired) electrons. The number of ether oxygens (including phenoxy) is 1. The van der Waals surface area contributed by atoms with Crippen LogP contribution in [0, 0.1) is 5.82 Å². The zero-order chi connectivity index (χ0) is 12.0. The lowest BCUT2D eigenvalue weighted by Gasteiger charge is -2.17. The fourth-order valence-corrected chi connectivity index (χ4v) is 1.44. The molecule has 16 heavy (non-hydrogen) atoms. The molecule has 90 valence electrons. The van der Waals surface area contributed by atoms with Crippen LogP contribution in [-0.4, -0.2) is 38.2 Å². The molecule has 0 aliphatic rings.